The highest BCUT2D eigenvalue weighted by atomic mass is 35.5. The third-order valence-electron chi connectivity index (χ3n) is 3.98. The van der Waals surface area contributed by atoms with Crippen molar-refractivity contribution in [3.63, 3.8) is 0 Å². The number of aromatic hydroxyl groups is 1. The van der Waals surface area contributed by atoms with E-state index in [-0.39, 0.29) is 5.75 Å². The van der Waals surface area contributed by atoms with Crippen LogP contribution in [-0.4, -0.2) is 28.5 Å². The SMILES string of the molecule is CN(C)C(=S)Cl.Oc1ccc(Oc2ccccc2)cc1.Sc1ccc(Oc2ccccc2)cc1. The van der Waals surface area contributed by atoms with Gasteiger partial charge in [-0.1, -0.05) is 48.0 Å². The number of thiol groups is 1. The molecule has 7 heteroatoms. The maximum absolute atomic E-state index is 9.07. The average Bonchev–Trinajstić information content (AvgIpc) is 2.84. The van der Waals surface area contributed by atoms with Crippen LogP contribution in [0.3, 0.4) is 0 Å². The van der Waals surface area contributed by atoms with Crippen LogP contribution in [0.1, 0.15) is 0 Å². The van der Waals surface area contributed by atoms with Crippen LogP contribution in [0.5, 0.6) is 28.7 Å². The van der Waals surface area contributed by atoms with Gasteiger partial charge in [0.05, 0.1) is 0 Å². The van der Waals surface area contributed by atoms with Crippen molar-refractivity contribution in [3.8, 4) is 28.7 Å². The van der Waals surface area contributed by atoms with E-state index in [1.807, 2.05) is 84.9 Å². The molecule has 0 aliphatic rings. The van der Waals surface area contributed by atoms with Crippen molar-refractivity contribution in [2.24, 2.45) is 0 Å². The highest BCUT2D eigenvalue weighted by molar-refractivity contribution is 7.83. The Morgan fingerprint density at radius 3 is 1.35 bits per heavy atom. The van der Waals surface area contributed by atoms with E-state index in [4.69, 9.17) is 26.2 Å². The van der Waals surface area contributed by atoms with Crippen molar-refractivity contribution in [1.29, 1.82) is 0 Å². The van der Waals surface area contributed by atoms with E-state index < -0.39 is 0 Å². The summed E-state index contributed by atoms with van der Waals surface area (Å²) in [4.78, 5) is 2.60. The molecule has 4 nitrogen and oxygen atoms in total. The van der Waals surface area contributed by atoms with Gasteiger partial charge in [-0.05, 0) is 85.0 Å². The predicted octanol–water partition coefficient (Wildman–Crippen LogP) is 8.02. The Hall–Kier alpha value is -3.19. The zero-order chi connectivity index (χ0) is 24.8. The molecule has 4 rings (SSSR count). The van der Waals surface area contributed by atoms with E-state index in [0.29, 0.717) is 10.2 Å². The van der Waals surface area contributed by atoms with Crippen molar-refractivity contribution >= 4 is 40.9 Å². The van der Waals surface area contributed by atoms with Crippen LogP contribution in [-0.2, 0) is 0 Å². The van der Waals surface area contributed by atoms with E-state index in [1.54, 1.807) is 43.3 Å². The largest absolute Gasteiger partial charge is 0.508 e. The fourth-order valence-corrected chi connectivity index (χ4v) is 2.43. The summed E-state index contributed by atoms with van der Waals surface area (Å²) in [6, 6.07) is 33.5. The number of para-hydroxylation sites is 2. The molecule has 176 valence electrons. The van der Waals surface area contributed by atoms with E-state index >= 15 is 0 Å². The van der Waals surface area contributed by atoms with E-state index in [2.05, 4.69) is 24.8 Å². The topological polar surface area (TPSA) is 41.9 Å². The zero-order valence-corrected chi connectivity index (χ0v) is 21.3. The zero-order valence-electron chi connectivity index (χ0n) is 18.8. The Labute approximate surface area is 216 Å². The van der Waals surface area contributed by atoms with E-state index in [9.17, 15) is 0 Å². The summed E-state index contributed by atoms with van der Waals surface area (Å²) in [7, 11) is 3.60. The molecule has 0 radical (unpaired) electrons. The lowest BCUT2D eigenvalue weighted by Gasteiger charge is -2.04. The van der Waals surface area contributed by atoms with Gasteiger partial charge in [0.2, 0.25) is 0 Å². The fourth-order valence-electron chi connectivity index (χ4n) is 2.28. The maximum Gasteiger partial charge on any atom is 0.169 e. The van der Waals surface area contributed by atoms with Gasteiger partial charge >= 0.3 is 0 Å². The summed E-state index contributed by atoms with van der Waals surface area (Å²) >= 11 is 14.0. The molecule has 0 spiro atoms. The monoisotopic (exact) mass is 511 g/mol. The molecule has 0 atom stereocenters. The van der Waals surface area contributed by atoms with Crippen molar-refractivity contribution in [2.75, 3.05) is 14.1 Å². The van der Waals surface area contributed by atoms with Crippen LogP contribution in [0, 0.1) is 0 Å². The van der Waals surface area contributed by atoms with Gasteiger partial charge in [-0.3, -0.25) is 0 Å². The summed E-state index contributed by atoms with van der Waals surface area (Å²) in [6.45, 7) is 0. The number of rotatable bonds is 4. The molecule has 1 N–H and O–H groups in total. The third kappa shape index (κ3) is 11.1. The van der Waals surface area contributed by atoms with Crippen molar-refractivity contribution in [3.05, 3.63) is 109 Å². The minimum Gasteiger partial charge on any atom is -0.508 e. The number of hydrogen-bond acceptors (Lipinski definition) is 5. The molecule has 0 fully saturated rings. The molecular weight excluding hydrogens is 486 g/mol. The molecule has 0 aliphatic heterocycles. The van der Waals surface area contributed by atoms with Crippen LogP contribution in [0.15, 0.2) is 114 Å². The van der Waals surface area contributed by atoms with Crippen LogP contribution in [0.4, 0.5) is 0 Å². The Morgan fingerprint density at radius 2 is 1.00 bits per heavy atom. The number of phenolic OH excluding ortho intramolecular Hbond substituents is 1. The van der Waals surface area contributed by atoms with Crippen molar-refractivity contribution in [2.45, 2.75) is 4.90 Å². The highest BCUT2D eigenvalue weighted by Gasteiger charge is 1.96. The van der Waals surface area contributed by atoms with Crippen molar-refractivity contribution in [1.82, 2.24) is 4.90 Å². The van der Waals surface area contributed by atoms with E-state index in [0.717, 1.165) is 22.1 Å². The average molecular weight is 512 g/mol. The first-order chi connectivity index (χ1) is 16.3. The number of thiocarbonyl (C=S) groups is 1. The number of nitrogens with zero attached hydrogens (tertiary/aromatic N) is 1. The number of halogens is 1. The molecule has 0 heterocycles. The Morgan fingerprint density at radius 1 is 0.676 bits per heavy atom. The molecule has 4 aromatic rings. The second kappa shape index (κ2) is 14.9. The van der Waals surface area contributed by atoms with Gasteiger partial charge < -0.3 is 19.5 Å². The van der Waals surface area contributed by atoms with Gasteiger partial charge in [0.15, 0.2) is 4.45 Å². The number of ether oxygens (including phenoxy) is 2. The molecule has 4 aromatic carbocycles. The summed E-state index contributed by atoms with van der Waals surface area (Å²) in [5.74, 6) is 3.42. The van der Waals surface area contributed by atoms with Crippen molar-refractivity contribution < 1.29 is 14.6 Å². The highest BCUT2D eigenvalue weighted by Crippen LogP contribution is 2.23. The molecule has 0 saturated carbocycles. The third-order valence-corrected chi connectivity index (χ3v) is 4.98. The van der Waals surface area contributed by atoms with Gasteiger partial charge in [-0.2, -0.15) is 0 Å². The van der Waals surface area contributed by atoms with Gasteiger partial charge in [-0.15, -0.1) is 12.6 Å². The van der Waals surface area contributed by atoms with Crippen LogP contribution in [0.25, 0.3) is 0 Å². The molecular formula is C27H26ClNO3S2. The summed E-state index contributed by atoms with van der Waals surface area (Å²) < 4.78 is 11.5. The van der Waals surface area contributed by atoms with Gasteiger partial charge in [0, 0.05) is 19.0 Å². The molecule has 0 bridgehead atoms. The number of hydrogen-bond donors (Lipinski definition) is 2. The molecule has 0 unspecified atom stereocenters. The Balaban J connectivity index is 0.000000196. The standard InChI is InChI=1S/C12H10O2.C12H10OS.C3H6ClNS/c13-10-6-8-12(9-7-10)14-11-4-2-1-3-5-11;14-12-8-6-11(7-9-12)13-10-4-2-1-3-5-10;1-5(2)3(4)6/h1-9,13H;1-9,14H;1-2H3. The maximum atomic E-state index is 9.07. The molecule has 0 amide bonds. The summed E-state index contributed by atoms with van der Waals surface area (Å²) in [5, 5.41) is 9.07. The minimum atomic E-state index is 0.241. The first kappa shape index (κ1) is 27.1. The quantitative estimate of drug-likeness (QED) is 0.126. The second-order valence-corrected chi connectivity index (χ2v) is 8.45. The van der Waals surface area contributed by atoms with Crippen LogP contribution >= 0.6 is 36.4 Å². The van der Waals surface area contributed by atoms with Gasteiger partial charge in [0.1, 0.15) is 28.7 Å². The molecule has 0 aliphatic carbocycles. The van der Waals surface area contributed by atoms with Crippen LogP contribution < -0.4 is 9.47 Å². The van der Waals surface area contributed by atoms with E-state index in [1.165, 1.54) is 0 Å². The minimum absolute atomic E-state index is 0.241. The lowest BCUT2D eigenvalue weighted by molar-refractivity contribution is 0.464. The van der Waals surface area contributed by atoms with Gasteiger partial charge in [-0.25, -0.2) is 0 Å². The van der Waals surface area contributed by atoms with Gasteiger partial charge in [0.25, 0.3) is 0 Å². The first-order valence-corrected chi connectivity index (χ1v) is 11.5. The Bertz CT molecular complexity index is 1030. The normalized spacial score (nSPS) is 9.41. The lowest BCUT2D eigenvalue weighted by atomic mass is 10.3. The van der Waals surface area contributed by atoms with Crippen LogP contribution in [0.2, 0.25) is 0 Å². The summed E-state index contributed by atoms with van der Waals surface area (Å²) in [6.07, 6.45) is 0. The lowest BCUT2D eigenvalue weighted by Crippen LogP contribution is -2.12. The summed E-state index contributed by atoms with van der Waals surface area (Å²) in [5.41, 5.74) is 0. The molecule has 0 saturated heterocycles. The smallest absolute Gasteiger partial charge is 0.169 e. The second-order valence-electron chi connectivity index (χ2n) is 6.97. The predicted molar refractivity (Wildman–Crippen MR) is 147 cm³/mol. The number of benzene rings is 4. The molecule has 34 heavy (non-hydrogen) atoms. The fraction of sp³-hybridized carbons (Fsp3) is 0.0741. The first-order valence-electron chi connectivity index (χ1n) is 10.2. The molecule has 0 aromatic heterocycles. The number of phenols is 1. The Kier molecular flexibility index (Phi) is 11.8.